The molecule has 0 atom stereocenters. The quantitative estimate of drug-likeness (QED) is 0.612. The van der Waals surface area contributed by atoms with Gasteiger partial charge in [0.05, 0.1) is 11.1 Å². The van der Waals surface area contributed by atoms with E-state index >= 15 is 0 Å². The third-order valence-electron chi connectivity index (χ3n) is 5.93. The van der Waals surface area contributed by atoms with E-state index in [1.54, 1.807) is 12.1 Å². The monoisotopic (exact) mass is 397 g/mol. The molecule has 0 unspecified atom stereocenters. The van der Waals surface area contributed by atoms with Crippen LogP contribution in [0.5, 0.6) is 0 Å². The highest BCUT2D eigenvalue weighted by Gasteiger charge is 2.26. The number of aromatic nitrogens is 1. The molecule has 4 rings (SSSR count). The number of piperidine rings is 1. The van der Waals surface area contributed by atoms with Crippen LogP contribution in [-0.4, -0.2) is 41.9 Å². The molecule has 1 saturated heterocycles. The summed E-state index contributed by atoms with van der Waals surface area (Å²) in [5.41, 5.74) is 7.41. The zero-order valence-electron chi connectivity index (χ0n) is 16.8. The summed E-state index contributed by atoms with van der Waals surface area (Å²) in [6.07, 6.45) is 7.29. The average molecular weight is 397 g/mol. The van der Waals surface area contributed by atoms with Gasteiger partial charge in [0.15, 0.2) is 0 Å². The molecular formula is C22H28FN5O. The second-order valence-electron chi connectivity index (χ2n) is 8.12. The van der Waals surface area contributed by atoms with Gasteiger partial charge in [-0.25, -0.2) is 9.37 Å². The smallest absolute Gasteiger partial charge is 0.244 e. The standard InChI is InChI=1S/C22H28FN5O/c1-14(29)25-21(24)19-13-15-12-16(23)6-7-20(15)27-22(19)28-10-8-18(9-11-28)26-17-4-2-3-5-17/h6-7,12-13,17-18,26H,2-5,8-11H2,1H3,(H2,24,25,29). The number of amidine groups is 1. The number of nitrogens with two attached hydrogens (primary N) is 1. The maximum Gasteiger partial charge on any atom is 0.244 e. The lowest BCUT2D eigenvalue weighted by atomic mass is 10.0. The number of hydrogen-bond acceptors (Lipinski definition) is 4. The molecule has 3 N–H and O–H groups in total. The number of benzene rings is 1. The molecule has 0 spiro atoms. The van der Waals surface area contributed by atoms with Crippen molar-refractivity contribution in [1.29, 1.82) is 0 Å². The molecule has 1 aromatic carbocycles. The second kappa shape index (κ2) is 8.45. The lowest BCUT2D eigenvalue weighted by molar-refractivity contribution is -0.115. The lowest BCUT2D eigenvalue weighted by Gasteiger charge is -2.35. The van der Waals surface area contributed by atoms with Crippen molar-refractivity contribution in [2.75, 3.05) is 18.0 Å². The van der Waals surface area contributed by atoms with Gasteiger partial charge in [-0.05, 0) is 49.9 Å². The summed E-state index contributed by atoms with van der Waals surface area (Å²) >= 11 is 0. The van der Waals surface area contributed by atoms with E-state index in [2.05, 4.69) is 15.2 Å². The largest absolute Gasteiger partial charge is 0.383 e. The fourth-order valence-electron chi connectivity index (χ4n) is 4.48. The summed E-state index contributed by atoms with van der Waals surface area (Å²) in [6, 6.07) is 7.47. The van der Waals surface area contributed by atoms with E-state index < -0.39 is 0 Å². The molecule has 2 aromatic rings. The van der Waals surface area contributed by atoms with Crippen molar-refractivity contribution in [3.8, 4) is 0 Å². The lowest BCUT2D eigenvalue weighted by Crippen LogP contribution is -2.46. The van der Waals surface area contributed by atoms with Gasteiger partial charge >= 0.3 is 0 Å². The summed E-state index contributed by atoms with van der Waals surface area (Å²) in [7, 11) is 0. The van der Waals surface area contributed by atoms with E-state index in [4.69, 9.17) is 10.7 Å². The normalized spacial score (nSPS) is 19.2. The number of carbonyl (C=O) groups is 1. The van der Waals surface area contributed by atoms with Crippen LogP contribution in [0.15, 0.2) is 29.3 Å². The van der Waals surface area contributed by atoms with E-state index in [1.165, 1.54) is 44.7 Å². The molecule has 6 nitrogen and oxygen atoms in total. The zero-order valence-corrected chi connectivity index (χ0v) is 16.8. The van der Waals surface area contributed by atoms with Crippen LogP contribution in [0.4, 0.5) is 10.2 Å². The average Bonchev–Trinajstić information content (AvgIpc) is 3.20. The molecule has 2 heterocycles. The van der Waals surface area contributed by atoms with Crippen LogP contribution in [0.1, 0.15) is 51.0 Å². The summed E-state index contributed by atoms with van der Waals surface area (Å²) in [4.78, 5) is 22.3. The number of anilines is 1. The van der Waals surface area contributed by atoms with Crippen LogP contribution in [0.25, 0.3) is 10.9 Å². The van der Waals surface area contributed by atoms with Gasteiger partial charge in [-0.3, -0.25) is 4.79 Å². The van der Waals surface area contributed by atoms with Gasteiger partial charge in [0.1, 0.15) is 17.5 Å². The predicted molar refractivity (Wildman–Crippen MR) is 114 cm³/mol. The minimum absolute atomic E-state index is 0.123. The molecule has 0 bridgehead atoms. The molecular weight excluding hydrogens is 369 g/mol. The van der Waals surface area contributed by atoms with Crippen LogP contribution in [-0.2, 0) is 4.79 Å². The summed E-state index contributed by atoms with van der Waals surface area (Å²) in [5.74, 6) is 0.134. The van der Waals surface area contributed by atoms with Gasteiger partial charge in [-0.1, -0.05) is 12.8 Å². The van der Waals surface area contributed by atoms with Crippen LogP contribution in [0, 0.1) is 5.82 Å². The number of carbonyl (C=O) groups excluding carboxylic acids is 1. The molecule has 1 aliphatic heterocycles. The molecule has 0 radical (unpaired) electrons. The van der Waals surface area contributed by atoms with E-state index in [0.717, 1.165) is 25.9 Å². The Hall–Kier alpha value is -2.54. The molecule has 1 amide bonds. The molecule has 1 aromatic heterocycles. The van der Waals surface area contributed by atoms with E-state index in [1.807, 2.05) is 0 Å². The number of amides is 1. The summed E-state index contributed by atoms with van der Waals surface area (Å²) in [6.45, 7) is 3.07. The highest BCUT2D eigenvalue weighted by molar-refractivity contribution is 6.08. The maximum atomic E-state index is 13.7. The summed E-state index contributed by atoms with van der Waals surface area (Å²) < 4.78 is 13.7. The Bertz CT molecular complexity index is 930. The number of fused-ring (bicyclic) bond motifs is 1. The second-order valence-corrected chi connectivity index (χ2v) is 8.12. The fraction of sp³-hybridized carbons (Fsp3) is 0.500. The number of hydrogen-bond donors (Lipinski definition) is 2. The van der Waals surface area contributed by atoms with Crippen molar-refractivity contribution < 1.29 is 9.18 Å². The van der Waals surface area contributed by atoms with Gasteiger partial charge in [0.25, 0.3) is 0 Å². The van der Waals surface area contributed by atoms with E-state index in [0.29, 0.717) is 34.4 Å². The van der Waals surface area contributed by atoms with Crippen molar-refractivity contribution in [2.45, 2.75) is 57.5 Å². The Balaban J connectivity index is 1.60. The Morgan fingerprint density at radius 3 is 2.55 bits per heavy atom. The summed E-state index contributed by atoms with van der Waals surface area (Å²) in [5, 5.41) is 4.45. The topological polar surface area (TPSA) is 83.6 Å². The third kappa shape index (κ3) is 4.56. The van der Waals surface area contributed by atoms with Crippen molar-refractivity contribution in [2.24, 2.45) is 10.7 Å². The molecule has 2 aliphatic rings. The van der Waals surface area contributed by atoms with E-state index in [-0.39, 0.29) is 17.6 Å². The molecule has 29 heavy (non-hydrogen) atoms. The van der Waals surface area contributed by atoms with Gasteiger partial charge in [-0.15, -0.1) is 0 Å². The van der Waals surface area contributed by atoms with Crippen molar-refractivity contribution in [3.63, 3.8) is 0 Å². The Kier molecular flexibility index (Phi) is 5.76. The first-order valence-electron chi connectivity index (χ1n) is 10.5. The molecule has 2 fully saturated rings. The molecule has 154 valence electrons. The number of aliphatic imine (C=N–C) groups is 1. The van der Waals surface area contributed by atoms with Crippen molar-refractivity contribution in [1.82, 2.24) is 10.3 Å². The first kappa shape index (κ1) is 19.8. The number of pyridine rings is 1. The molecule has 1 saturated carbocycles. The molecule has 1 aliphatic carbocycles. The zero-order chi connectivity index (χ0) is 20.4. The first-order valence-corrected chi connectivity index (χ1v) is 10.5. The van der Waals surface area contributed by atoms with Gasteiger partial charge in [-0.2, -0.15) is 4.99 Å². The van der Waals surface area contributed by atoms with Crippen LogP contribution in [0.2, 0.25) is 0 Å². The predicted octanol–water partition coefficient (Wildman–Crippen LogP) is 3.13. The molecule has 7 heteroatoms. The van der Waals surface area contributed by atoms with Crippen molar-refractivity contribution >= 4 is 28.5 Å². The Morgan fingerprint density at radius 2 is 1.86 bits per heavy atom. The Labute approximate surface area is 170 Å². The minimum atomic E-state index is -0.368. The van der Waals surface area contributed by atoms with Crippen molar-refractivity contribution in [3.05, 3.63) is 35.6 Å². The number of rotatable bonds is 4. The highest BCUT2D eigenvalue weighted by Crippen LogP contribution is 2.28. The number of nitrogens with one attached hydrogen (secondary N) is 1. The number of nitrogens with zero attached hydrogens (tertiary/aromatic N) is 3. The van der Waals surface area contributed by atoms with Crippen LogP contribution >= 0.6 is 0 Å². The van der Waals surface area contributed by atoms with Crippen LogP contribution < -0.4 is 16.0 Å². The fourth-order valence-corrected chi connectivity index (χ4v) is 4.48. The van der Waals surface area contributed by atoms with E-state index in [9.17, 15) is 9.18 Å². The minimum Gasteiger partial charge on any atom is -0.383 e. The van der Waals surface area contributed by atoms with Crippen LogP contribution in [0.3, 0.4) is 0 Å². The third-order valence-corrected chi connectivity index (χ3v) is 5.93. The highest BCUT2D eigenvalue weighted by atomic mass is 19.1. The number of halogens is 1. The Morgan fingerprint density at radius 1 is 1.17 bits per heavy atom. The first-order chi connectivity index (χ1) is 14.0. The SMILES string of the molecule is CC(=O)N=C(N)c1cc2cc(F)ccc2nc1N1CCC(NC2CCCC2)CC1. The maximum absolute atomic E-state index is 13.7. The van der Waals surface area contributed by atoms with Gasteiger partial charge in [0.2, 0.25) is 5.91 Å². The van der Waals surface area contributed by atoms with Gasteiger partial charge in [0, 0.05) is 37.5 Å². The van der Waals surface area contributed by atoms with Gasteiger partial charge < -0.3 is 16.0 Å².